The fourth-order valence-electron chi connectivity index (χ4n) is 1.50. The van der Waals surface area contributed by atoms with Crippen LogP contribution in [0.3, 0.4) is 0 Å². The van der Waals surface area contributed by atoms with Gasteiger partial charge in [0.1, 0.15) is 16.8 Å². The van der Waals surface area contributed by atoms with Crippen molar-refractivity contribution in [3.63, 3.8) is 0 Å². The molecule has 1 heterocycles. The monoisotopic (exact) mass is 243 g/mol. The molecular weight excluding hydrogens is 226 g/mol. The van der Waals surface area contributed by atoms with Gasteiger partial charge in [-0.1, -0.05) is 18.5 Å². The van der Waals surface area contributed by atoms with Crippen molar-refractivity contribution >= 4 is 17.4 Å². The van der Waals surface area contributed by atoms with Gasteiger partial charge in [0.15, 0.2) is 0 Å². The molecule has 0 saturated carbocycles. The normalized spacial score (nSPS) is 10.5. The van der Waals surface area contributed by atoms with Gasteiger partial charge in [-0.25, -0.2) is 9.97 Å². The lowest BCUT2D eigenvalue weighted by Crippen LogP contribution is -2.27. The first kappa shape index (κ1) is 13.2. The predicted octanol–water partition coefficient (Wildman–Crippen LogP) is 1.90. The van der Waals surface area contributed by atoms with Gasteiger partial charge in [-0.2, -0.15) is 0 Å². The minimum Gasteiger partial charge on any atom is -0.395 e. The van der Waals surface area contributed by atoms with Crippen molar-refractivity contribution < 1.29 is 5.11 Å². The maximum absolute atomic E-state index is 8.95. The molecule has 1 rings (SSSR count). The zero-order valence-corrected chi connectivity index (χ0v) is 10.5. The van der Waals surface area contributed by atoms with Crippen LogP contribution in [0.4, 0.5) is 5.82 Å². The van der Waals surface area contributed by atoms with Crippen molar-refractivity contribution in [1.29, 1.82) is 0 Å². The van der Waals surface area contributed by atoms with E-state index in [0.717, 1.165) is 31.0 Å². The smallest absolute Gasteiger partial charge is 0.134 e. The van der Waals surface area contributed by atoms with E-state index in [0.29, 0.717) is 11.7 Å². The molecule has 0 amide bonds. The van der Waals surface area contributed by atoms with Gasteiger partial charge in [0, 0.05) is 25.6 Å². The van der Waals surface area contributed by atoms with Crippen LogP contribution in [0.2, 0.25) is 5.15 Å². The molecule has 0 radical (unpaired) electrons. The zero-order chi connectivity index (χ0) is 12.0. The quantitative estimate of drug-likeness (QED) is 0.776. The van der Waals surface area contributed by atoms with Crippen molar-refractivity contribution in [3.05, 3.63) is 17.0 Å². The number of likely N-dealkylation sites (N-methyl/N-ethyl adjacent to an activating group) is 1. The van der Waals surface area contributed by atoms with Gasteiger partial charge in [0.05, 0.1) is 6.61 Å². The molecule has 1 N–H and O–H groups in total. The first-order chi connectivity index (χ1) is 7.71. The summed E-state index contributed by atoms with van der Waals surface area (Å²) in [7, 11) is 0. The topological polar surface area (TPSA) is 49.2 Å². The molecule has 0 aromatic carbocycles. The maximum Gasteiger partial charge on any atom is 0.134 e. The van der Waals surface area contributed by atoms with E-state index < -0.39 is 0 Å². The number of hydrogen-bond donors (Lipinski definition) is 1. The molecule has 4 nitrogen and oxygen atoms in total. The van der Waals surface area contributed by atoms with E-state index in [1.165, 1.54) is 0 Å². The second-order valence-electron chi connectivity index (χ2n) is 3.52. The molecular formula is C11H18ClN3O. The first-order valence-electron chi connectivity index (χ1n) is 5.60. The van der Waals surface area contributed by atoms with Crippen molar-refractivity contribution in [2.45, 2.75) is 26.7 Å². The molecule has 0 bridgehead atoms. The average molecular weight is 244 g/mol. The van der Waals surface area contributed by atoms with E-state index in [2.05, 4.69) is 16.9 Å². The van der Waals surface area contributed by atoms with Gasteiger partial charge >= 0.3 is 0 Å². The van der Waals surface area contributed by atoms with Crippen LogP contribution >= 0.6 is 11.6 Å². The van der Waals surface area contributed by atoms with Gasteiger partial charge < -0.3 is 10.0 Å². The number of rotatable bonds is 6. The van der Waals surface area contributed by atoms with Crippen LogP contribution in [0.25, 0.3) is 0 Å². The maximum atomic E-state index is 8.95. The molecule has 1 aromatic rings. The molecule has 0 aliphatic rings. The highest BCUT2D eigenvalue weighted by atomic mass is 35.5. The summed E-state index contributed by atoms with van der Waals surface area (Å²) in [6, 6.07) is 1.74. The minimum absolute atomic E-state index is 0.110. The number of aliphatic hydroxyl groups excluding tert-OH is 1. The Hall–Kier alpha value is -0.870. The number of halogens is 1. The second kappa shape index (κ2) is 6.66. The van der Waals surface area contributed by atoms with Gasteiger partial charge in [0.25, 0.3) is 0 Å². The summed E-state index contributed by atoms with van der Waals surface area (Å²) in [6.45, 7) is 5.56. The zero-order valence-electron chi connectivity index (χ0n) is 9.78. The number of anilines is 1. The van der Waals surface area contributed by atoms with Crippen LogP contribution in [0.5, 0.6) is 0 Å². The Morgan fingerprint density at radius 2 is 2.12 bits per heavy atom. The lowest BCUT2D eigenvalue weighted by Gasteiger charge is -2.21. The minimum atomic E-state index is 0.110. The molecule has 5 heteroatoms. The summed E-state index contributed by atoms with van der Waals surface area (Å²) in [5.41, 5.74) is 0. The molecule has 0 aliphatic heterocycles. The summed E-state index contributed by atoms with van der Waals surface area (Å²) < 4.78 is 0. The first-order valence-corrected chi connectivity index (χ1v) is 5.98. The largest absolute Gasteiger partial charge is 0.395 e. The summed E-state index contributed by atoms with van der Waals surface area (Å²) in [5.74, 6) is 1.56. The highest BCUT2D eigenvalue weighted by Gasteiger charge is 2.08. The van der Waals surface area contributed by atoms with Crippen LogP contribution in [0.1, 0.15) is 26.1 Å². The third-order valence-corrected chi connectivity index (χ3v) is 2.47. The fourth-order valence-corrected chi connectivity index (χ4v) is 1.70. The van der Waals surface area contributed by atoms with E-state index >= 15 is 0 Å². The van der Waals surface area contributed by atoms with E-state index in [1.807, 2.05) is 11.8 Å². The number of aryl methyl sites for hydroxylation is 1. The fraction of sp³-hybridized carbons (Fsp3) is 0.636. The van der Waals surface area contributed by atoms with Crippen LogP contribution in [0.15, 0.2) is 6.07 Å². The molecule has 16 heavy (non-hydrogen) atoms. The lowest BCUT2D eigenvalue weighted by atomic mass is 10.3. The molecule has 0 spiro atoms. The van der Waals surface area contributed by atoms with E-state index in [-0.39, 0.29) is 6.61 Å². The molecule has 0 fully saturated rings. The van der Waals surface area contributed by atoms with Crippen molar-refractivity contribution in [1.82, 2.24) is 9.97 Å². The third kappa shape index (κ3) is 3.61. The van der Waals surface area contributed by atoms with Crippen molar-refractivity contribution in [3.8, 4) is 0 Å². The van der Waals surface area contributed by atoms with Crippen LogP contribution in [-0.4, -0.2) is 34.8 Å². The highest BCUT2D eigenvalue weighted by molar-refractivity contribution is 6.29. The Kier molecular flexibility index (Phi) is 5.49. The van der Waals surface area contributed by atoms with E-state index in [9.17, 15) is 0 Å². The average Bonchev–Trinajstić information content (AvgIpc) is 2.25. The Labute approximate surface area is 101 Å². The molecule has 0 atom stereocenters. The molecule has 90 valence electrons. The lowest BCUT2D eigenvalue weighted by molar-refractivity contribution is 0.302. The number of aliphatic hydroxyl groups is 1. The third-order valence-electron chi connectivity index (χ3n) is 2.28. The number of nitrogens with zero attached hydrogens (tertiary/aromatic N) is 3. The number of hydrogen-bond acceptors (Lipinski definition) is 4. The van der Waals surface area contributed by atoms with Crippen LogP contribution in [0, 0.1) is 0 Å². The second-order valence-corrected chi connectivity index (χ2v) is 3.91. The van der Waals surface area contributed by atoms with Crippen LogP contribution < -0.4 is 4.90 Å². The van der Waals surface area contributed by atoms with E-state index in [4.69, 9.17) is 16.7 Å². The number of aromatic nitrogens is 2. The summed E-state index contributed by atoms with van der Waals surface area (Å²) in [6.07, 6.45) is 1.82. The summed E-state index contributed by atoms with van der Waals surface area (Å²) in [4.78, 5) is 10.6. The molecule has 0 saturated heterocycles. The van der Waals surface area contributed by atoms with Gasteiger partial charge in [-0.3, -0.25) is 0 Å². The van der Waals surface area contributed by atoms with Gasteiger partial charge in [0.2, 0.25) is 0 Å². The predicted molar refractivity (Wildman–Crippen MR) is 66.0 cm³/mol. The molecule has 1 aromatic heterocycles. The Morgan fingerprint density at radius 3 is 2.69 bits per heavy atom. The SMILES string of the molecule is CCCc1nc(Cl)cc(N(CC)CCO)n1. The van der Waals surface area contributed by atoms with Crippen molar-refractivity contribution in [2.75, 3.05) is 24.6 Å². The Balaban J connectivity index is 2.92. The van der Waals surface area contributed by atoms with E-state index in [1.54, 1.807) is 6.07 Å². The molecule has 0 aliphatic carbocycles. The van der Waals surface area contributed by atoms with Crippen LogP contribution in [-0.2, 0) is 6.42 Å². The Morgan fingerprint density at radius 1 is 1.38 bits per heavy atom. The van der Waals surface area contributed by atoms with Gasteiger partial charge in [-0.05, 0) is 13.3 Å². The van der Waals surface area contributed by atoms with Gasteiger partial charge in [-0.15, -0.1) is 0 Å². The highest BCUT2D eigenvalue weighted by Crippen LogP contribution is 2.16. The summed E-state index contributed by atoms with van der Waals surface area (Å²) in [5, 5.41) is 9.42. The Bertz CT molecular complexity index is 333. The molecule has 0 unspecified atom stereocenters. The summed E-state index contributed by atoms with van der Waals surface area (Å²) >= 11 is 5.95. The standard InChI is InChI=1S/C11H18ClN3O/c1-3-5-10-13-9(12)8-11(14-10)15(4-2)6-7-16/h8,16H,3-7H2,1-2H3. The van der Waals surface area contributed by atoms with Crippen molar-refractivity contribution in [2.24, 2.45) is 0 Å².